The molecule has 0 saturated carbocycles. The molecule has 2 heteroatoms. The van der Waals surface area contributed by atoms with Gasteiger partial charge in [0.05, 0.1) is 10.4 Å². The van der Waals surface area contributed by atoms with Crippen molar-refractivity contribution in [1.29, 1.82) is 0 Å². The number of hydrogen-bond donors (Lipinski definition) is 1. The van der Waals surface area contributed by atoms with Gasteiger partial charge in [0, 0.05) is 28.8 Å². The van der Waals surface area contributed by atoms with E-state index in [2.05, 4.69) is 42.4 Å². The van der Waals surface area contributed by atoms with Crippen molar-refractivity contribution >= 4 is 17.0 Å². The van der Waals surface area contributed by atoms with Crippen LogP contribution in [0, 0.1) is 35.5 Å². The molecule has 0 aliphatic heterocycles. The first kappa shape index (κ1) is 18.4. The Morgan fingerprint density at radius 2 is 1.37 bits per heavy atom. The molecule has 0 aliphatic carbocycles. The number of anilines is 1. The lowest BCUT2D eigenvalue weighted by Crippen LogP contribution is -1.88. The van der Waals surface area contributed by atoms with Crippen LogP contribution in [0.3, 0.4) is 0 Å². The van der Waals surface area contributed by atoms with E-state index in [4.69, 9.17) is 5.73 Å². The van der Waals surface area contributed by atoms with Crippen molar-refractivity contribution in [3.8, 4) is 35.5 Å². The first-order valence-corrected chi connectivity index (χ1v) is 9.70. The molecule has 0 spiro atoms. The second kappa shape index (κ2) is 9.35. The molecule has 3 rings (SSSR count). The number of nitrogen functional groups attached to an aromatic ring is 1. The fourth-order valence-corrected chi connectivity index (χ4v) is 3.05. The van der Waals surface area contributed by atoms with E-state index in [0.717, 1.165) is 40.0 Å². The van der Waals surface area contributed by atoms with E-state index in [1.807, 2.05) is 60.0 Å². The van der Waals surface area contributed by atoms with Gasteiger partial charge in [-0.15, -0.1) is 11.3 Å². The molecule has 0 radical (unpaired) electrons. The molecule has 0 amide bonds. The number of benzene rings is 2. The standard InChI is InChI=1S/C25H19NS/c1-2-3-4-9-20-10-5-6-11-21(20)16-17-25-23(18-19-27-25)15-14-22-12-7-8-13-24(22)26/h5-8,10-13,18-19H,2-3,26H2,1H3. The number of nitrogens with two attached hydrogens (primary N) is 1. The van der Waals surface area contributed by atoms with Crippen LogP contribution in [0.4, 0.5) is 5.69 Å². The second-order valence-electron chi connectivity index (χ2n) is 5.85. The number of unbranched alkanes of at least 4 members (excludes halogenated alkanes) is 1. The minimum Gasteiger partial charge on any atom is -0.398 e. The Hall–Kier alpha value is -3.38. The summed E-state index contributed by atoms with van der Waals surface area (Å²) in [5.74, 6) is 19.3. The molecule has 1 nitrogen and oxygen atoms in total. The van der Waals surface area contributed by atoms with Gasteiger partial charge in [-0.05, 0) is 48.1 Å². The van der Waals surface area contributed by atoms with Crippen molar-refractivity contribution in [2.75, 3.05) is 5.73 Å². The number of para-hydroxylation sites is 1. The Labute approximate surface area is 165 Å². The summed E-state index contributed by atoms with van der Waals surface area (Å²) in [4.78, 5) is 0.952. The Kier molecular flexibility index (Phi) is 6.38. The summed E-state index contributed by atoms with van der Waals surface area (Å²) in [5.41, 5.74) is 10.3. The average molecular weight is 366 g/mol. The van der Waals surface area contributed by atoms with E-state index >= 15 is 0 Å². The molecule has 0 aliphatic rings. The summed E-state index contributed by atoms with van der Waals surface area (Å²) < 4.78 is 0. The molecule has 3 aromatic rings. The van der Waals surface area contributed by atoms with Crippen LogP contribution >= 0.6 is 11.3 Å². The minimum atomic E-state index is 0.687. The van der Waals surface area contributed by atoms with E-state index < -0.39 is 0 Å². The van der Waals surface area contributed by atoms with Gasteiger partial charge in [0.1, 0.15) is 0 Å². The lowest BCUT2D eigenvalue weighted by Gasteiger charge is -1.95. The minimum absolute atomic E-state index is 0.687. The van der Waals surface area contributed by atoms with E-state index in [0.29, 0.717) is 5.69 Å². The van der Waals surface area contributed by atoms with Gasteiger partial charge < -0.3 is 5.73 Å². The van der Waals surface area contributed by atoms with Gasteiger partial charge in [0.25, 0.3) is 0 Å². The molecule has 130 valence electrons. The highest BCUT2D eigenvalue weighted by Gasteiger charge is 2.00. The third-order valence-electron chi connectivity index (χ3n) is 3.79. The molecule has 2 aromatic carbocycles. The van der Waals surface area contributed by atoms with E-state index in [-0.39, 0.29) is 0 Å². The van der Waals surface area contributed by atoms with Gasteiger partial charge in [-0.2, -0.15) is 0 Å². The quantitative estimate of drug-likeness (QED) is 0.461. The fraction of sp³-hybridized carbons (Fsp3) is 0.120. The predicted molar refractivity (Wildman–Crippen MR) is 115 cm³/mol. The summed E-state index contributed by atoms with van der Waals surface area (Å²) in [6.45, 7) is 2.13. The smallest absolute Gasteiger partial charge is 0.0928 e. The van der Waals surface area contributed by atoms with Crippen molar-refractivity contribution in [1.82, 2.24) is 0 Å². The van der Waals surface area contributed by atoms with Crippen LogP contribution in [-0.4, -0.2) is 0 Å². The van der Waals surface area contributed by atoms with Crippen LogP contribution in [0.25, 0.3) is 0 Å². The van der Waals surface area contributed by atoms with E-state index in [1.54, 1.807) is 11.3 Å². The summed E-state index contributed by atoms with van der Waals surface area (Å²) in [5, 5.41) is 2.01. The van der Waals surface area contributed by atoms with Crippen molar-refractivity contribution in [2.24, 2.45) is 0 Å². The van der Waals surface area contributed by atoms with Gasteiger partial charge in [0.2, 0.25) is 0 Å². The van der Waals surface area contributed by atoms with Gasteiger partial charge in [-0.3, -0.25) is 0 Å². The molecule has 0 bridgehead atoms. The number of rotatable bonds is 1. The average Bonchev–Trinajstić information content (AvgIpc) is 3.14. The normalized spacial score (nSPS) is 9.22. The maximum absolute atomic E-state index is 5.96. The number of thiophene rings is 1. The highest BCUT2D eigenvalue weighted by atomic mass is 32.1. The Morgan fingerprint density at radius 3 is 2.11 bits per heavy atom. The SMILES string of the molecule is CCCC#Cc1ccccc1C#Cc1sccc1C#Cc1ccccc1N. The topological polar surface area (TPSA) is 26.0 Å². The summed E-state index contributed by atoms with van der Waals surface area (Å²) >= 11 is 1.59. The van der Waals surface area contributed by atoms with Crippen LogP contribution in [0.2, 0.25) is 0 Å². The molecule has 1 heterocycles. The van der Waals surface area contributed by atoms with Crippen LogP contribution in [-0.2, 0) is 0 Å². The van der Waals surface area contributed by atoms with Crippen molar-refractivity contribution in [2.45, 2.75) is 19.8 Å². The molecule has 1 aromatic heterocycles. The lowest BCUT2D eigenvalue weighted by molar-refractivity contribution is 0.983. The van der Waals surface area contributed by atoms with Crippen LogP contribution in [0.1, 0.15) is 46.9 Å². The largest absolute Gasteiger partial charge is 0.398 e. The molecular weight excluding hydrogens is 346 g/mol. The Balaban J connectivity index is 1.88. The van der Waals surface area contributed by atoms with E-state index in [1.165, 1.54) is 0 Å². The molecular formula is C25H19NS. The van der Waals surface area contributed by atoms with Gasteiger partial charge >= 0.3 is 0 Å². The Bertz CT molecular complexity index is 1120. The molecule has 27 heavy (non-hydrogen) atoms. The third kappa shape index (κ3) is 5.05. The molecule has 2 N–H and O–H groups in total. The maximum atomic E-state index is 5.96. The van der Waals surface area contributed by atoms with Crippen LogP contribution in [0.5, 0.6) is 0 Å². The molecule has 0 atom stereocenters. The van der Waals surface area contributed by atoms with Crippen LogP contribution in [0.15, 0.2) is 60.0 Å². The van der Waals surface area contributed by atoms with Crippen molar-refractivity contribution in [3.05, 3.63) is 87.1 Å². The number of hydrogen-bond acceptors (Lipinski definition) is 2. The van der Waals surface area contributed by atoms with Crippen molar-refractivity contribution < 1.29 is 0 Å². The van der Waals surface area contributed by atoms with Gasteiger partial charge in [-0.25, -0.2) is 0 Å². The summed E-state index contributed by atoms with van der Waals surface area (Å²) in [6.07, 6.45) is 1.96. The zero-order valence-corrected chi connectivity index (χ0v) is 16.0. The van der Waals surface area contributed by atoms with Crippen LogP contribution < -0.4 is 5.73 Å². The maximum Gasteiger partial charge on any atom is 0.0928 e. The molecule has 0 saturated heterocycles. The van der Waals surface area contributed by atoms with Gasteiger partial charge in [-0.1, -0.05) is 60.8 Å². The summed E-state index contributed by atoms with van der Waals surface area (Å²) in [6, 6.07) is 17.6. The van der Waals surface area contributed by atoms with E-state index in [9.17, 15) is 0 Å². The van der Waals surface area contributed by atoms with Crippen molar-refractivity contribution in [3.63, 3.8) is 0 Å². The van der Waals surface area contributed by atoms with Gasteiger partial charge in [0.15, 0.2) is 0 Å². The second-order valence-corrected chi connectivity index (χ2v) is 6.76. The predicted octanol–water partition coefficient (Wildman–Crippen LogP) is 5.28. The zero-order chi connectivity index (χ0) is 18.9. The zero-order valence-electron chi connectivity index (χ0n) is 15.2. The lowest BCUT2D eigenvalue weighted by atomic mass is 10.1. The first-order valence-electron chi connectivity index (χ1n) is 8.82. The monoisotopic (exact) mass is 365 g/mol. The molecule has 0 unspecified atom stereocenters. The fourth-order valence-electron chi connectivity index (χ4n) is 2.36. The highest BCUT2D eigenvalue weighted by molar-refractivity contribution is 7.10. The molecule has 0 fully saturated rings. The first-order chi connectivity index (χ1) is 13.3. The third-order valence-corrected chi connectivity index (χ3v) is 4.62. The highest BCUT2D eigenvalue weighted by Crippen LogP contribution is 2.16. The Morgan fingerprint density at radius 1 is 0.741 bits per heavy atom. The summed E-state index contributed by atoms with van der Waals surface area (Å²) in [7, 11) is 0.